The first kappa shape index (κ1) is 20.8. The molecule has 0 unspecified atom stereocenters. The molecule has 4 nitrogen and oxygen atoms in total. The van der Waals surface area contributed by atoms with Crippen molar-refractivity contribution in [2.75, 3.05) is 4.90 Å². The third-order valence-electron chi connectivity index (χ3n) is 5.26. The lowest BCUT2D eigenvalue weighted by molar-refractivity contribution is -0.117. The Morgan fingerprint density at radius 1 is 0.968 bits per heavy atom. The van der Waals surface area contributed by atoms with Crippen LogP contribution in [0.25, 0.3) is 6.08 Å². The maximum Gasteiger partial charge on any atom is 0.294 e. The number of nitrogens with zero attached hydrogens (tertiary/aromatic N) is 1. The highest BCUT2D eigenvalue weighted by Gasteiger charge is 2.44. The third kappa shape index (κ3) is 4.09. The van der Waals surface area contributed by atoms with Crippen LogP contribution >= 0.6 is 15.9 Å². The van der Waals surface area contributed by atoms with E-state index in [0.29, 0.717) is 5.69 Å². The monoisotopic (exact) mass is 473 g/mol. The number of hydrogen-bond donors (Lipinski definition) is 1. The normalized spacial score (nSPS) is 16.4. The number of benzene rings is 3. The minimum absolute atomic E-state index is 0.0720. The van der Waals surface area contributed by atoms with Crippen LogP contribution in [0.15, 0.2) is 101 Å². The van der Waals surface area contributed by atoms with E-state index in [0.717, 1.165) is 21.2 Å². The molecule has 1 aliphatic heterocycles. The first-order chi connectivity index (χ1) is 15.0. The Bertz CT molecular complexity index is 1200. The van der Waals surface area contributed by atoms with Crippen molar-refractivity contribution in [3.63, 3.8) is 0 Å². The van der Waals surface area contributed by atoms with E-state index in [9.17, 15) is 14.7 Å². The smallest absolute Gasteiger partial charge is 0.294 e. The lowest BCUT2D eigenvalue weighted by Crippen LogP contribution is -2.31. The summed E-state index contributed by atoms with van der Waals surface area (Å²) in [6.07, 6.45) is 3.09. The van der Waals surface area contributed by atoms with Crippen molar-refractivity contribution in [1.29, 1.82) is 0 Å². The molecule has 4 rings (SSSR count). The van der Waals surface area contributed by atoms with E-state index in [2.05, 4.69) is 15.9 Å². The summed E-state index contributed by atoms with van der Waals surface area (Å²) in [6.45, 7) is 1.90. The van der Waals surface area contributed by atoms with Crippen molar-refractivity contribution in [3.05, 3.63) is 117 Å². The standard InChI is InChI=1S/C26H20BrNO3/c1-17-7-5-6-10-21(17)28-24(19-12-14-20(27)15-13-19)23(25(30)26(28)31)22(29)16-11-18-8-3-2-4-9-18/h2-16,24,30H,1H3/b16-11+/t24-/m1/s1. The van der Waals surface area contributed by atoms with Crippen LogP contribution in [0.5, 0.6) is 0 Å². The number of rotatable bonds is 5. The lowest BCUT2D eigenvalue weighted by Gasteiger charge is -2.28. The Morgan fingerprint density at radius 2 is 1.61 bits per heavy atom. The summed E-state index contributed by atoms with van der Waals surface area (Å²) in [4.78, 5) is 27.8. The number of allylic oxidation sites excluding steroid dienone is 1. The van der Waals surface area contributed by atoms with Gasteiger partial charge in [-0.25, -0.2) is 0 Å². The molecule has 0 radical (unpaired) electrons. The van der Waals surface area contributed by atoms with Gasteiger partial charge in [0.2, 0.25) is 0 Å². The Morgan fingerprint density at radius 3 is 2.29 bits per heavy atom. The maximum atomic E-state index is 13.2. The van der Waals surface area contributed by atoms with Crippen LogP contribution in [0.3, 0.4) is 0 Å². The van der Waals surface area contributed by atoms with Gasteiger partial charge in [0.15, 0.2) is 11.5 Å². The van der Waals surface area contributed by atoms with Gasteiger partial charge in [-0.1, -0.05) is 82.7 Å². The molecule has 31 heavy (non-hydrogen) atoms. The number of aliphatic hydroxyl groups excluding tert-OH is 1. The predicted octanol–water partition coefficient (Wildman–Crippen LogP) is 5.94. The second-order valence-electron chi connectivity index (χ2n) is 7.29. The number of halogens is 1. The molecule has 5 heteroatoms. The molecule has 3 aromatic rings. The molecule has 0 saturated carbocycles. The lowest BCUT2D eigenvalue weighted by atomic mass is 9.95. The van der Waals surface area contributed by atoms with Crippen LogP contribution in [0.1, 0.15) is 22.7 Å². The van der Waals surface area contributed by atoms with Gasteiger partial charge in [0, 0.05) is 10.2 Å². The predicted molar refractivity (Wildman–Crippen MR) is 126 cm³/mol. The fraction of sp³-hybridized carbons (Fsp3) is 0.0769. The molecule has 0 bridgehead atoms. The molecular weight excluding hydrogens is 454 g/mol. The number of anilines is 1. The van der Waals surface area contributed by atoms with Gasteiger partial charge in [-0.2, -0.15) is 0 Å². The summed E-state index contributed by atoms with van der Waals surface area (Å²) in [5.74, 6) is -1.50. The number of carbonyl (C=O) groups is 2. The van der Waals surface area contributed by atoms with Gasteiger partial charge in [0.05, 0.1) is 11.6 Å². The zero-order chi connectivity index (χ0) is 22.0. The number of carbonyl (C=O) groups excluding carboxylic acids is 2. The molecule has 1 N–H and O–H groups in total. The maximum absolute atomic E-state index is 13.2. The topological polar surface area (TPSA) is 57.6 Å². The van der Waals surface area contributed by atoms with Gasteiger partial charge in [0.25, 0.3) is 5.91 Å². The molecule has 0 aromatic heterocycles. The summed E-state index contributed by atoms with van der Waals surface area (Å²) in [5, 5.41) is 10.8. The van der Waals surface area contributed by atoms with E-state index in [1.54, 1.807) is 6.08 Å². The SMILES string of the molecule is Cc1ccccc1N1C(=O)C(O)=C(C(=O)/C=C/c2ccccc2)[C@H]1c1ccc(Br)cc1. The molecule has 0 saturated heterocycles. The molecule has 0 fully saturated rings. The Hall–Kier alpha value is -3.44. The molecular formula is C26H20BrNO3. The zero-order valence-corrected chi connectivity index (χ0v) is 18.4. The van der Waals surface area contributed by atoms with Crippen molar-refractivity contribution in [1.82, 2.24) is 0 Å². The Labute approximate surface area is 189 Å². The number of aryl methyl sites for hydroxylation is 1. The largest absolute Gasteiger partial charge is 0.503 e. The van der Waals surface area contributed by atoms with Gasteiger partial charge in [0.1, 0.15) is 0 Å². The first-order valence-corrected chi connectivity index (χ1v) is 10.6. The molecule has 1 atom stereocenters. The van der Waals surface area contributed by atoms with Crippen molar-refractivity contribution >= 4 is 39.4 Å². The number of ketones is 1. The first-order valence-electron chi connectivity index (χ1n) is 9.82. The van der Waals surface area contributed by atoms with Crippen molar-refractivity contribution < 1.29 is 14.7 Å². The minimum Gasteiger partial charge on any atom is -0.503 e. The highest BCUT2D eigenvalue weighted by Crippen LogP contribution is 2.42. The third-order valence-corrected chi connectivity index (χ3v) is 5.79. The summed E-state index contributed by atoms with van der Waals surface area (Å²) in [6, 6.07) is 23.5. The van der Waals surface area contributed by atoms with E-state index >= 15 is 0 Å². The van der Waals surface area contributed by atoms with E-state index in [1.165, 1.54) is 11.0 Å². The number of para-hydroxylation sites is 1. The summed E-state index contributed by atoms with van der Waals surface area (Å²) in [7, 11) is 0. The van der Waals surface area contributed by atoms with Crippen molar-refractivity contribution in [3.8, 4) is 0 Å². The van der Waals surface area contributed by atoms with Gasteiger partial charge < -0.3 is 5.11 Å². The zero-order valence-electron chi connectivity index (χ0n) is 16.8. The number of aliphatic hydroxyl groups is 1. The second-order valence-corrected chi connectivity index (χ2v) is 8.20. The fourth-order valence-corrected chi connectivity index (χ4v) is 3.99. The van der Waals surface area contributed by atoms with E-state index in [-0.39, 0.29) is 5.57 Å². The molecule has 1 amide bonds. The van der Waals surface area contributed by atoms with Gasteiger partial charge in [-0.3, -0.25) is 14.5 Å². The van der Waals surface area contributed by atoms with E-state index in [4.69, 9.17) is 0 Å². The molecule has 154 valence electrons. The molecule has 0 spiro atoms. The molecule has 0 aliphatic carbocycles. The summed E-state index contributed by atoms with van der Waals surface area (Å²) in [5.41, 5.74) is 3.19. The molecule has 1 heterocycles. The Balaban J connectivity index is 1.81. The van der Waals surface area contributed by atoms with Crippen LogP contribution in [-0.2, 0) is 9.59 Å². The molecule has 1 aliphatic rings. The average Bonchev–Trinajstić information content (AvgIpc) is 3.04. The number of hydrogen-bond acceptors (Lipinski definition) is 3. The van der Waals surface area contributed by atoms with Gasteiger partial charge in [-0.05, 0) is 47.9 Å². The van der Waals surface area contributed by atoms with Crippen LogP contribution in [0.4, 0.5) is 5.69 Å². The molecule has 3 aromatic carbocycles. The van der Waals surface area contributed by atoms with Crippen LogP contribution in [0.2, 0.25) is 0 Å². The minimum atomic E-state index is -0.727. The van der Waals surface area contributed by atoms with Crippen molar-refractivity contribution in [2.24, 2.45) is 0 Å². The Kier molecular flexibility index (Phi) is 5.87. The van der Waals surface area contributed by atoms with Crippen LogP contribution in [0, 0.1) is 6.92 Å². The van der Waals surface area contributed by atoms with Gasteiger partial charge in [-0.15, -0.1) is 0 Å². The van der Waals surface area contributed by atoms with Gasteiger partial charge >= 0.3 is 0 Å². The van der Waals surface area contributed by atoms with Crippen LogP contribution < -0.4 is 4.90 Å². The highest BCUT2D eigenvalue weighted by molar-refractivity contribution is 9.10. The summed E-state index contributed by atoms with van der Waals surface area (Å²) < 4.78 is 0.882. The number of amides is 1. The van der Waals surface area contributed by atoms with Crippen molar-refractivity contribution in [2.45, 2.75) is 13.0 Å². The quantitative estimate of drug-likeness (QED) is 0.466. The van der Waals surface area contributed by atoms with E-state index < -0.39 is 23.5 Å². The highest BCUT2D eigenvalue weighted by atomic mass is 79.9. The summed E-state index contributed by atoms with van der Waals surface area (Å²) >= 11 is 3.42. The second kappa shape index (κ2) is 8.74. The fourth-order valence-electron chi connectivity index (χ4n) is 3.73. The van der Waals surface area contributed by atoms with E-state index in [1.807, 2.05) is 85.8 Å². The average molecular weight is 474 g/mol. The van der Waals surface area contributed by atoms with Crippen LogP contribution in [-0.4, -0.2) is 16.8 Å².